The minimum atomic E-state index is -1.56. The van der Waals surface area contributed by atoms with Gasteiger partial charge in [-0.05, 0) is 25.7 Å². The van der Waals surface area contributed by atoms with E-state index in [1.807, 2.05) is 19.9 Å². The summed E-state index contributed by atoms with van der Waals surface area (Å²) in [6.07, 6.45) is -3.73. The number of carbonyl (C=O) groups excluding carboxylic acids is 1. The number of esters is 1. The second-order valence-corrected chi connectivity index (χ2v) is 8.60. The second kappa shape index (κ2) is 11.3. The number of aliphatic hydroxyl groups is 4. The van der Waals surface area contributed by atoms with E-state index in [1.165, 1.54) is 0 Å². The number of carbonyl (C=O) groups is 2. The monoisotopic (exact) mass is 446 g/mol. The van der Waals surface area contributed by atoms with E-state index in [4.69, 9.17) is 14.2 Å². The molecule has 0 unspecified atom stereocenters. The molecule has 0 aliphatic carbocycles. The molecule has 2 saturated heterocycles. The minimum Gasteiger partial charge on any atom is -0.481 e. The molecule has 2 aliphatic heterocycles. The van der Waals surface area contributed by atoms with Crippen LogP contribution in [0.2, 0.25) is 0 Å². The van der Waals surface area contributed by atoms with Gasteiger partial charge in [-0.3, -0.25) is 9.59 Å². The standard InChI is InChI=1S/C21H34O10/c1-10(6-14-7-11(2)20(28)30-14)4-5-13(12(3)19(26)27)9-29-21-18(25)17(24)16(23)15(8-22)31-21/h4,11-18,21-25H,5-9H2,1-3H3,(H,26,27)/b10-4-/t11-,12-,13+,14-,15+,16-,17-,18-,21+/m1/s1. The Kier molecular flexibility index (Phi) is 9.41. The Hall–Kier alpha value is -1.56. The first-order valence-electron chi connectivity index (χ1n) is 10.6. The molecule has 0 bridgehead atoms. The number of hydrogen-bond donors (Lipinski definition) is 5. The molecule has 9 atom stereocenters. The van der Waals surface area contributed by atoms with Gasteiger partial charge in [-0.2, -0.15) is 0 Å². The molecule has 0 saturated carbocycles. The zero-order valence-electron chi connectivity index (χ0n) is 18.1. The number of cyclic esters (lactones) is 1. The second-order valence-electron chi connectivity index (χ2n) is 8.60. The number of aliphatic hydroxyl groups excluding tert-OH is 4. The highest BCUT2D eigenvalue weighted by Gasteiger charge is 2.44. The van der Waals surface area contributed by atoms with E-state index >= 15 is 0 Å². The lowest BCUT2D eigenvalue weighted by molar-refractivity contribution is -0.303. The predicted molar refractivity (Wildman–Crippen MR) is 107 cm³/mol. The zero-order valence-corrected chi connectivity index (χ0v) is 18.1. The Labute approximate surface area is 181 Å². The lowest BCUT2D eigenvalue weighted by Crippen LogP contribution is -2.59. The molecule has 0 amide bonds. The minimum absolute atomic E-state index is 0.0879. The summed E-state index contributed by atoms with van der Waals surface area (Å²) in [5.41, 5.74) is 0.960. The van der Waals surface area contributed by atoms with Gasteiger partial charge in [-0.15, -0.1) is 0 Å². The van der Waals surface area contributed by atoms with Crippen LogP contribution in [0.1, 0.15) is 40.0 Å². The third kappa shape index (κ3) is 6.71. The molecular formula is C21H34O10. The Morgan fingerprint density at radius 1 is 1.26 bits per heavy atom. The van der Waals surface area contributed by atoms with E-state index in [2.05, 4.69) is 0 Å². The molecule has 2 aliphatic rings. The molecule has 5 N–H and O–H groups in total. The van der Waals surface area contributed by atoms with Gasteiger partial charge in [0.15, 0.2) is 6.29 Å². The summed E-state index contributed by atoms with van der Waals surface area (Å²) in [5.74, 6) is -2.57. The van der Waals surface area contributed by atoms with Crippen LogP contribution >= 0.6 is 0 Å². The molecule has 0 radical (unpaired) electrons. The third-order valence-corrected chi connectivity index (χ3v) is 6.04. The fourth-order valence-electron chi connectivity index (χ4n) is 3.78. The number of hydrogen-bond acceptors (Lipinski definition) is 9. The van der Waals surface area contributed by atoms with E-state index in [9.17, 15) is 35.1 Å². The summed E-state index contributed by atoms with van der Waals surface area (Å²) in [6, 6.07) is 0. The largest absolute Gasteiger partial charge is 0.481 e. The summed E-state index contributed by atoms with van der Waals surface area (Å²) in [6.45, 7) is 4.59. The van der Waals surface area contributed by atoms with E-state index in [0.717, 1.165) is 5.57 Å². The van der Waals surface area contributed by atoms with Gasteiger partial charge in [0.05, 0.1) is 25.0 Å². The summed E-state index contributed by atoms with van der Waals surface area (Å²) < 4.78 is 16.2. The molecule has 10 heteroatoms. The maximum absolute atomic E-state index is 11.5. The van der Waals surface area contributed by atoms with E-state index in [1.54, 1.807) is 6.92 Å². The fraction of sp³-hybridized carbons (Fsp3) is 0.810. The average Bonchev–Trinajstić information content (AvgIpc) is 3.03. The lowest BCUT2D eigenvalue weighted by Gasteiger charge is -2.40. The fourth-order valence-corrected chi connectivity index (χ4v) is 3.78. The first-order valence-corrected chi connectivity index (χ1v) is 10.6. The molecule has 0 aromatic heterocycles. The third-order valence-electron chi connectivity index (χ3n) is 6.04. The summed E-state index contributed by atoms with van der Waals surface area (Å²) in [5, 5.41) is 48.5. The predicted octanol–water partition coefficient (Wildman–Crippen LogP) is -0.182. The Balaban J connectivity index is 1.97. The van der Waals surface area contributed by atoms with Crippen molar-refractivity contribution in [1.82, 2.24) is 0 Å². The van der Waals surface area contributed by atoms with Gasteiger partial charge in [0.25, 0.3) is 0 Å². The van der Waals surface area contributed by atoms with Crippen LogP contribution < -0.4 is 0 Å². The van der Waals surface area contributed by atoms with Crippen molar-refractivity contribution < 1.29 is 49.3 Å². The first kappa shape index (κ1) is 25.7. The van der Waals surface area contributed by atoms with Crippen LogP contribution in [0.4, 0.5) is 0 Å². The molecule has 178 valence electrons. The van der Waals surface area contributed by atoms with Crippen molar-refractivity contribution in [1.29, 1.82) is 0 Å². The van der Waals surface area contributed by atoms with E-state index < -0.39 is 55.1 Å². The molecule has 0 aromatic carbocycles. The van der Waals surface area contributed by atoms with Crippen molar-refractivity contribution in [3.8, 4) is 0 Å². The molecule has 2 rings (SSSR count). The van der Waals surface area contributed by atoms with Gasteiger partial charge in [0.2, 0.25) is 0 Å². The van der Waals surface area contributed by atoms with Crippen LogP contribution in [0.15, 0.2) is 11.6 Å². The molecule has 10 nitrogen and oxygen atoms in total. The van der Waals surface area contributed by atoms with Gasteiger partial charge < -0.3 is 39.7 Å². The van der Waals surface area contributed by atoms with Crippen molar-refractivity contribution in [2.45, 2.75) is 76.8 Å². The summed E-state index contributed by atoms with van der Waals surface area (Å²) in [7, 11) is 0. The molecule has 2 fully saturated rings. The van der Waals surface area contributed by atoms with Crippen LogP contribution in [-0.2, 0) is 23.8 Å². The van der Waals surface area contributed by atoms with Crippen LogP contribution in [0.5, 0.6) is 0 Å². The molecule has 31 heavy (non-hydrogen) atoms. The molecule has 0 aromatic rings. The lowest BCUT2D eigenvalue weighted by atomic mass is 9.90. The quantitative estimate of drug-likeness (QED) is 0.225. The number of aliphatic carboxylic acids is 1. The number of carboxylic acid groups (broad SMARTS) is 1. The van der Waals surface area contributed by atoms with Crippen molar-refractivity contribution in [2.24, 2.45) is 17.8 Å². The van der Waals surface area contributed by atoms with E-state index in [0.29, 0.717) is 19.3 Å². The summed E-state index contributed by atoms with van der Waals surface area (Å²) >= 11 is 0. The molecule has 2 heterocycles. The maximum atomic E-state index is 11.5. The Bertz CT molecular complexity index is 648. The highest BCUT2D eigenvalue weighted by Crippen LogP contribution is 2.27. The Morgan fingerprint density at radius 3 is 2.48 bits per heavy atom. The maximum Gasteiger partial charge on any atom is 0.309 e. The normalized spacial score (nSPS) is 36.2. The van der Waals surface area contributed by atoms with Crippen molar-refractivity contribution in [2.75, 3.05) is 13.2 Å². The molecule has 0 spiro atoms. The van der Waals surface area contributed by atoms with Crippen molar-refractivity contribution in [3.63, 3.8) is 0 Å². The highest BCUT2D eigenvalue weighted by atomic mass is 16.7. The first-order chi connectivity index (χ1) is 14.5. The highest BCUT2D eigenvalue weighted by molar-refractivity contribution is 5.74. The zero-order chi connectivity index (χ0) is 23.3. The smallest absolute Gasteiger partial charge is 0.309 e. The Morgan fingerprint density at radius 2 is 1.94 bits per heavy atom. The van der Waals surface area contributed by atoms with E-state index in [-0.39, 0.29) is 24.6 Å². The number of ether oxygens (including phenoxy) is 3. The van der Waals surface area contributed by atoms with Gasteiger partial charge in [0, 0.05) is 6.42 Å². The van der Waals surface area contributed by atoms with Crippen LogP contribution in [0, 0.1) is 17.8 Å². The van der Waals surface area contributed by atoms with Gasteiger partial charge in [-0.1, -0.05) is 25.5 Å². The van der Waals surface area contributed by atoms with Gasteiger partial charge in [0.1, 0.15) is 30.5 Å². The van der Waals surface area contributed by atoms with Crippen LogP contribution in [0.25, 0.3) is 0 Å². The van der Waals surface area contributed by atoms with Crippen LogP contribution in [0.3, 0.4) is 0 Å². The topological polar surface area (TPSA) is 163 Å². The van der Waals surface area contributed by atoms with Crippen molar-refractivity contribution in [3.05, 3.63) is 11.6 Å². The number of rotatable bonds is 10. The number of allylic oxidation sites excluding steroid dienone is 1. The SMILES string of the molecule is C/C(=C/C[C@@H](CO[C@H]1O[C@@H](CO)[C@@H](O)[C@@H](O)[C@H]1O)[C@@H](C)C(=O)O)C[C@@H]1C[C@@H](C)C(=O)O1. The van der Waals surface area contributed by atoms with Gasteiger partial charge >= 0.3 is 11.9 Å². The summed E-state index contributed by atoms with van der Waals surface area (Å²) in [4.78, 5) is 23.1. The van der Waals surface area contributed by atoms with Crippen LogP contribution in [-0.4, -0.2) is 87.5 Å². The number of carboxylic acids is 1. The molecular weight excluding hydrogens is 412 g/mol. The van der Waals surface area contributed by atoms with Gasteiger partial charge in [-0.25, -0.2) is 0 Å². The average molecular weight is 446 g/mol. The van der Waals surface area contributed by atoms with Crippen molar-refractivity contribution >= 4 is 11.9 Å².